The van der Waals surface area contributed by atoms with Crippen molar-refractivity contribution in [3.05, 3.63) is 0 Å². The molecule has 0 saturated heterocycles. The van der Waals surface area contributed by atoms with E-state index in [0.717, 1.165) is 13.0 Å². The molecule has 0 aromatic rings. The molecule has 1 unspecified atom stereocenters. The van der Waals surface area contributed by atoms with E-state index in [-0.39, 0.29) is 0 Å². The number of carboxylic acids is 1. The van der Waals surface area contributed by atoms with Crippen LogP contribution in [0.15, 0.2) is 0 Å². The fourth-order valence-corrected chi connectivity index (χ4v) is 0.522. The minimum absolute atomic E-state index is 0.350. The highest BCUT2D eigenvalue weighted by molar-refractivity contribution is 5.73. The normalized spacial score (nSPS) is 13.0. The van der Waals surface area contributed by atoms with Crippen LogP contribution >= 0.6 is 0 Å². The van der Waals surface area contributed by atoms with E-state index in [4.69, 9.17) is 10.8 Å². The van der Waals surface area contributed by atoms with E-state index < -0.39 is 12.0 Å². The largest absolute Gasteiger partial charge is 0.480 e. The van der Waals surface area contributed by atoms with E-state index in [1.807, 2.05) is 6.92 Å². The van der Waals surface area contributed by atoms with E-state index in [1.54, 1.807) is 0 Å². The molecular formula is C6H14N2O2. The molecule has 0 bridgehead atoms. The fourth-order valence-electron chi connectivity index (χ4n) is 0.522. The molecule has 0 aliphatic rings. The molecule has 0 rings (SSSR count). The van der Waals surface area contributed by atoms with Crippen LogP contribution in [0, 0.1) is 0 Å². The highest BCUT2D eigenvalue weighted by Gasteiger charge is 2.08. The Kier molecular flexibility index (Phi) is 4.88. The lowest BCUT2D eigenvalue weighted by atomic mass is 10.3. The van der Waals surface area contributed by atoms with Crippen LogP contribution in [0.25, 0.3) is 0 Å². The molecule has 0 aromatic carbocycles. The molecule has 0 heterocycles. The monoisotopic (exact) mass is 146 g/mol. The number of carbonyl (C=O) groups is 1. The smallest absolute Gasteiger partial charge is 0.321 e. The molecule has 0 spiro atoms. The molecule has 4 heteroatoms. The Hall–Kier alpha value is -0.610. The van der Waals surface area contributed by atoms with Crippen LogP contribution in [0.4, 0.5) is 0 Å². The molecule has 4 N–H and O–H groups in total. The van der Waals surface area contributed by atoms with Crippen LogP contribution < -0.4 is 11.1 Å². The Labute approximate surface area is 60.4 Å². The first kappa shape index (κ1) is 9.39. The van der Waals surface area contributed by atoms with Gasteiger partial charge in [-0.05, 0) is 13.0 Å². The highest BCUT2D eigenvalue weighted by atomic mass is 16.4. The Morgan fingerprint density at radius 2 is 2.40 bits per heavy atom. The van der Waals surface area contributed by atoms with Crippen LogP contribution in [-0.4, -0.2) is 30.2 Å². The van der Waals surface area contributed by atoms with Gasteiger partial charge in [-0.15, -0.1) is 0 Å². The maximum atomic E-state index is 10.1. The first-order chi connectivity index (χ1) is 4.68. The quantitative estimate of drug-likeness (QED) is 0.453. The van der Waals surface area contributed by atoms with Crippen LogP contribution in [0.2, 0.25) is 0 Å². The predicted octanol–water partition coefficient (Wildman–Crippen LogP) is -0.602. The maximum absolute atomic E-state index is 10.1. The zero-order valence-corrected chi connectivity index (χ0v) is 6.13. The second-order valence-corrected chi connectivity index (χ2v) is 2.15. The van der Waals surface area contributed by atoms with Gasteiger partial charge in [0.25, 0.3) is 0 Å². The third-order valence-electron chi connectivity index (χ3n) is 1.11. The standard InChI is InChI=1S/C6H14N2O2/c1-2-3-8-4-5(7)6(9)10/h5,8H,2-4,7H2,1H3,(H,9,10). The number of carboxylic acid groups (broad SMARTS) is 1. The first-order valence-corrected chi connectivity index (χ1v) is 3.37. The van der Waals surface area contributed by atoms with Crippen molar-refractivity contribution in [2.24, 2.45) is 5.73 Å². The van der Waals surface area contributed by atoms with E-state index in [0.29, 0.717) is 6.54 Å². The summed E-state index contributed by atoms with van der Waals surface area (Å²) < 4.78 is 0. The SMILES string of the molecule is CCCNCC(N)C(=O)O. The summed E-state index contributed by atoms with van der Waals surface area (Å²) >= 11 is 0. The lowest BCUT2D eigenvalue weighted by Gasteiger charge is -2.05. The van der Waals surface area contributed by atoms with Crippen LogP contribution in [0.1, 0.15) is 13.3 Å². The molecule has 4 nitrogen and oxygen atoms in total. The summed E-state index contributed by atoms with van der Waals surface area (Å²) in [4.78, 5) is 10.1. The number of hydrogen-bond donors (Lipinski definition) is 3. The molecule has 0 amide bonds. The lowest BCUT2D eigenvalue weighted by Crippen LogP contribution is -2.40. The first-order valence-electron chi connectivity index (χ1n) is 3.37. The minimum atomic E-state index is -0.955. The summed E-state index contributed by atoms with van der Waals surface area (Å²) in [7, 11) is 0. The zero-order chi connectivity index (χ0) is 7.98. The molecule has 0 radical (unpaired) electrons. The predicted molar refractivity (Wildman–Crippen MR) is 38.8 cm³/mol. The maximum Gasteiger partial charge on any atom is 0.321 e. The number of nitrogens with one attached hydrogen (secondary N) is 1. The number of aliphatic carboxylic acids is 1. The van der Waals surface area contributed by atoms with Gasteiger partial charge in [0.1, 0.15) is 6.04 Å². The number of hydrogen-bond acceptors (Lipinski definition) is 3. The van der Waals surface area contributed by atoms with E-state index in [2.05, 4.69) is 5.32 Å². The van der Waals surface area contributed by atoms with Crippen LogP contribution in [-0.2, 0) is 4.79 Å². The van der Waals surface area contributed by atoms with Crippen LogP contribution in [0.5, 0.6) is 0 Å². The molecule has 0 saturated carbocycles. The van der Waals surface area contributed by atoms with Gasteiger partial charge in [0.05, 0.1) is 0 Å². The van der Waals surface area contributed by atoms with Gasteiger partial charge in [-0.25, -0.2) is 0 Å². The van der Waals surface area contributed by atoms with E-state index in [9.17, 15) is 4.79 Å². The molecule has 0 aliphatic carbocycles. The van der Waals surface area contributed by atoms with Crippen molar-refractivity contribution in [3.63, 3.8) is 0 Å². The van der Waals surface area contributed by atoms with Crippen molar-refractivity contribution in [1.82, 2.24) is 5.32 Å². The van der Waals surface area contributed by atoms with Crippen molar-refractivity contribution >= 4 is 5.97 Å². The topological polar surface area (TPSA) is 75.3 Å². The third kappa shape index (κ3) is 4.29. The molecule has 60 valence electrons. The Morgan fingerprint density at radius 1 is 1.80 bits per heavy atom. The number of rotatable bonds is 5. The highest BCUT2D eigenvalue weighted by Crippen LogP contribution is 1.76. The number of nitrogens with two attached hydrogens (primary N) is 1. The Morgan fingerprint density at radius 3 is 2.80 bits per heavy atom. The minimum Gasteiger partial charge on any atom is -0.480 e. The van der Waals surface area contributed by atoms with Gasteiger partial charge in [-0.2, -0.15) is 0 Å². The van der Waals surface area contributed by atoms with Gasteiger partial charge in [-0.1, -0.05) is 6.92 Å². The fraction of sp³-hybridized carbons (Fsp3) is 0.833. The van der Waals surface area contributed by atoms with Crippen molar-refractivity contribution in [3.8, 4) is 0 Å². The molecular weight excluding hydrogens is 132 g/mol. The summed E-state index contributed by atoms with van der Waals surface area (Å²) in [6, 6.07) is -0.772. The Balaban J connectivity index is 3.21. The van der Waals surface area contributed by atoms with E-state index >= 15 is 0 Å². The average molecular weight is 146 g/mol. The van der Waals surface area contributed by atoms with Gasteiger partial charge in [0, 0.05) is 6.54 Å². The average Bonchev–Trinajstić information content (AvgIpc) is 1.88. The second kappa shape index (κ2) is 5.20. The zero-order valence-electron chi connectivity index (χ0n) is 6.13. The molecule has 0 fully saturated rings. The van der Waals surface area contributed by atoms with Crippen molar-refractivity contribution in [1.29, 1.82) is 0 Å². The summed E-state index contributed by atoms with van der Waals surface area (Å²) in [5.41, 5.74) is 5.20. The summed E-state index contributed by atoms with van der Waals surface area (Å²) in [6.45, 7) is 3.18. The van der Waals surface area contributed by atoms with Gasteiger partial charge in [0.15, 0.2) is 0 Å². The molecule has 0 aliphatic heterocycles. The second-order valence-electron chi connectivity index (χ2n) is 2.15. The van der Waals surface area contributed by atoms with Gasteiger partial charge in [-0.3, -0.25) is 4.79 Å². The van der Waals surface area contributed by atoms with Crippen molar-refractivity contribution in [2.45, 2.75) is 19.4 Å². The van der Waals surface area contributed by atoms with E-state index in [1.165, 1.54) is 0 Å². The van der Waals surface area contributed by atoms with Gasteiger partial charge in [0.2, 0.25) is 0 Å². The molecule has 0 aromatic heterocycles. The van der Waals surface area contributed by atoms with Gasteiger partial charge < -0.3 is 16.2 Å². The lowest BCUT2D eigenvalue weighted by molar-refractivity contribution is -0.138. The summed E-state index contributed by atoms with van der Waals surface area (Å²) in [5, 5.41) is 11.2. The van der Waals surface area contributed by atoms with Crippen molar-refractivity contribution in [2.75, 3.05) is 13.1 Å². The van der Waals surface area contributed by atoms with Crippen molar-refractivity contribution < 1.29 is 9.90 Å². The third-order valence-corrected chi connectivity index (χ3v) is 1.11. The molecule has 1 atom stereocenters. The van der Waals surface area contributed by atoms with Gasteiger partial charge >= 0.3 is 5.97 Å². The Bertz CT molecular complexity index is 106. The summed E-state index contributed by atoms with van der Waals surface area (Å²) in [5.74, 6) is -0.955. The summed E-state index contributed by atoms with van der Waals surface area (Å²) in [6.07, 6.45) is 0.992. The van der Waals surface area contributed by atoms with Crippen LogP contribution in [0.3, 0.4) is 0 Å². The molecule has 10 heavy (non-hydrogen) atoms.